The van der Waals surface area contributed by atoms with Crippen LogP contribution in [0.15, 0.2) is 16.6 Å². The fourth-order valence-electron chi connectivity index (χ4n) is 1.81. The van der Waals surface area contributed by atoms with Gasteiger partial charge in [0.25, 0.3) is 0 Å². The highest BCUT2D eigenvalue weighted by Gasteiger charge is 2.23. The maximum Gasteiger partial charge on any atom is 0.128 e. The molecular formula is C11H12BrFOS. The topological polar surface area (TPSA) is 20.2 Å². The maximum atomic E-state index is 13.7. The zero-order chi connectivity index (χ0) is 11.0. The molecule has 0 aromatic heterocycles. The highest BCUT2D eigenvalue weighted by molar-refractivity contribution is 9.10. The number of hydrogen-bond donors (Lipinski definition) is 1. The number of benzene rings is 1. The minimum atomic E-state index is -0.544. The zero-order valence-electron chi connectivity index (χ0n) is 8.34. The normalized spacial score (nSPS) is 25.9. The molecule has 15 heavy (non-hydrogen) atoms. The van der Waals surface area contributed by atoms with Crippen LogP contribution in [0.25, 0.3) is 0 Å². The summed E-state index contributed by atoms with van der Waals surface area (Å²) < 4.78 is 14.4. The molecule has 1 aliphatic rings. The number of fused-ring (bicyclic) bond motifs is 1. The molecule has 0 saturated heterocycles. The summed E-state index contributed by atoms with van der Waals surface area (Å²) in [4.78, 5) is 0. The number of thioether (sulfide) groups is 1. The third kappa shape index (κ3) is 2.37. The molecule has 2 rings (SSSR count). The van der Waals surface area contributed by atoms with E-state index in [-0.39, 0.29) is 5.82 Å². The summed E-state index contributed by atoms with van der Waals surface area (Å²) in [6, 6.07) is 3.28. The van der Waals surface area contributed by atoms with Crippen LogP contribution in [0.3, 0.4) is 0 Å². The van der Waals surface area contributed by atoms with E-state index in [9.17, 15) is 9.50 Å². The van der Waals surface area contributed by atoms with Gasteiger partial charge in [-0.1, -0.05) is 22.9 Å². The number of aliphatic hydroxyl groups excluding tert-OH is 1. The average molecular weight is 291 g/mol. The van der Waals surface area contributed by atoms with E-state index < -0.39 is 6.10 Å². The van der Waals surface area contributed by atoms with Gasteiger partial charge in [0.15, 0.2) is 0 Å². The van der Waals surface area contributed by atoms with Crippen molar-refractivity contribution >= 4 is 27.7 Å². The van der Waals surface area contributed by atoms with Crippen molar-refractivity contribution in [3.63, 3.8) is 0 Å². The summed E-state index contributed by atoms with van der Waals surface area (Å²) in [6.07, 6.45) is 0.144. The average Bonchev–Trinajstić information content (AvgIpc) is 2.27. The van der Waals surface area contributed by atoms with Crippen molar-refractivity contribution in [3.8, 4) is 0 Å². The first-order valence-corrected chi connectivity index (χ1v) is 6.69. The number of aliphatic hydroxyl groups is 1. The molecule has 1 N–H and O–H groups in total. The Morgan fingerprint density at radius 2 is 2.27 bits per heavy atom. The van der Waals surface area contributed by atoms with Gasteiger partial charge < -0.3 is 5.11 Å². The monoisotopic (exact) mass is 290 g/mol. The Morgan fingerprint density at radius 1 is 1.53 bits per heavy atom. The van der Waals surface area contributed by atoms with E-state index in [0.717, 1.165) is 5.56 Å². The molecule has 0 spiro atoms. The van der Waals surface area contributed by atoms with E-state index in [1.165, 1.54) is 6.07 Å². The summed E-state index contributed by atoms with van der Waals surface area (Å²) in [5.41, 5.74) is 1.39. The lowest BCUT2D eigenvalue weighted by atomic mass is 10.00. The first-order valence-electron chi connectivity index (χ1n) is 4.85. The van der Waals surface area contributed by atoms with E-state index in [4.69, 9.17) is 0 Å². The van der Waals surface area contributed by atoms with Crippen LogP contribution < -0.4 is 0 Å². The van der Waals surface area contributed by atoms with Crippen molar-refractivity contribution in [1.29, 1.82) is 0 Å². The Balaban J connectivity index is 2.48. The van der Waals surface area contributed by atoms with Crippen molar-refractivity contribution in [1.82, 2.24) is 0 Å². The van der Waals surface area contributed by atoms with Gasteiger partial charge in [-0.25, -0.2) is 4.39 Å². The van der Waals surface area contributed by atoms with Gasteiger partial charge in [0.2, 0.25) is 0 Å². The predicted molar refractivity (Wildman–Crippen MR) is 64.4 cm³/mol. The molecule has 0 saturated carbocycles. The molecule has 2 unspecified atom stereocenters. The second-order valence-electron chi connectivity index (χ2n) is 3.83. The summed E-state index contributed by atoms with van der Waals surface area (Å²) in [5.74, 6) is 0.423. The lowest BCUT2D eigenvalue weighted by Crippen LogP contribution is -2.04. The first-order chi connectivity index (χ1) is 7.08. The largest absolute Gasteiger partial charge is 0.388 e. The standard InChI is InChI=1S/C11H12BrFOS/c1-6-2-11(14)8-3-7(12)4-10(13)9(8)5-15-6/h3-4,6,11,14H,2,5H2,1H3. The van der Waals surface area contributed by atoms with E-state index >= 15 is 0 Å². The highest BCUT2D eigenvalue weighted by Crippen LogP contribution is 2.37. The van der Waals surface area contributed by atoms with Gasteiger partial charge in [0, 0.05) is 21.0 Å². The maximum absolute atomic E-state index is 13.7. The first kappa shape index (κ1) is 11.4. The van der Waals surface area contributed by atoms with Crippen molar-refractivity contribution in [2.24, 2.45) is 0 Å². The Morgan fingerprint density at radius 3 is 3.00 bits per heavy atom. The van der Waals surface area contributed by atoms with Gasteiger partial charge in [0.05, 0.1) is 6.10 Å². The van der Waals surface area contributed by atoms with Crippen molar-refractivity contribution < 1.29 is 9.50 Å². The summed E-state index contributed by atoms with van der Waals surface area (Å²) in [6.45, 7) is 2.06. The van der Waals surface area contributed by atoms with Crippen LogP contribution in [0.1, 0.15) is 30.6 Å². The Labute approximate surface area is 101 Å². The predicted octanol–water partition coefficient (Wildman–Crippen LogP) is 3.65. The van der Waals surface area contributed by atoms with Crippen LogP contribution in [-0.2, 0) is 5.75 Å². The van der Waals surface area contributed by atoms with Crippen molar-refractivity contribution in [2.45, 2.75) is 30.5 Å². The molecule has 0 fully saturated rings. The Bertz CT molecular complexity index is 383. The fourth-order valence-corrected chi connectivity index (χ4v) is 3.33. The van der Waals surface area contributed by atoms with Crippen molar-refractivity contribution in [3.05, 3.63) is 33.5 Å². The van der Waals surface area contributed by atoms with E-state index in [1.54, 1.807) is 11.8 Å². The Hall–Kier alpha value is -0.0600. The van der Waals surface area contributed by atoms with E-state index in [1.807, 2.05) is 6.07 Å². The molecule has 0 radical (unpaired) electrons. The van der Waals surface area contributed by atoms with Crippen LogP contribution in [0.2, 0.25) is 0 Å². The van der Waals surface area contributed by atoms with E-state index in [2.05, 4.69) is 22.9 Å². The summed E-state index contributed by atoms with van der Waals surface area (Å²) in [5, 5.41) is 10.3. The van der Waals surface area contributed by atoms with Gasteiger partial charge >= 0.3 is 0 Å². The molecular weight excluding hydrogens is 279 g/mol. The molecule has 4 heteroatoms. The van der Waals surface area contributed by atoms with Gasteiger partial charge in [0.1, 0.15) is 5.82 Å². The molecule has 1 nitrogen and oxygen atoms in total. The van der Waals surface area contributed by atoms with Crippen LogP contribution in [0.4, 0.5) is 4.39 Å². The molecule has 1 aliphatic heterocycles. The van der Waals surface area contributed by atoms with Gasteiger partial charge in [-0.2, -0.15) is 11.8 Å². The zero-order valence-corrected chi connectivity index (χ0v) is 10.7. The van der Waals surface area contributed by atoms with Crippen LogP contribution in [0.5, 0.6) is 0 Å². The second-order valence-corrected chi connectivity index (χ2v) is 6.17. The minimum Gasteiger partial charge on any atom is -0.388 e. The molecule has 0 bridgehead atoms. The third-order valence-electron chi connectivity index (χ3n) is 2.62. The molecule has 0 aliphatic carbocycles. The molecule has 2 atom stereocenters. The van der Waals surface area contributed by atoms with Crippen LogP contribution >= 0.6 is 27.7 Å². The third-order valence-corrected chi connectivity index (χ3v) is 4.30. The summed E-state index contributed by atoms with van der Waals surface area (Å²) in [7, 11) is 0. The number of halogens is 2. The Kier molecular flexibility index (Phi) is 3.38. The fraction of sp³-hybridized carbons (Fsp3) is 0.455. The minimum absolute atomic E-state index is 0.222. The van der Waals surface area contributed by atoms with Crippen LogP contribution in [-0.4, -0.2) is 10.4 Å². The van der Waals surface area contributed by atoms with Crippen LogP contribution in [0, 0.1) is 5.82 Å². The van der Waals surface area contributed by atoms with Crippen molar-refractivity contribution in [2.75, 3.05) is 0 Å². The lowest BCUT2D eigenvalue weighted by molar-refractivity contribution is 0.168. The quantitative estimate of drug-likeness (QED) is 0.787. The smallest absolute Gasteiger partial charge is 0.128 e. The van der Waals surface area contributed by atoms with E-state index in [0.29, 0.717) is 27.5 Å². The number of hydrogen-bond acceptors (Lipinski definition) is 2. The lowest BCUT2D eigenvalue weighted by Gasteiger charge is -2.13. The van der Waals surface area contributed by atoms with Gasteiger partial charge in [-0.15, -0.1) is 0 Å². The number of rotatable bonds is 0. The second kappa shape index (κ2) is 4.44. The molecule has 1 heterocycles. The molecule has 1 aromatic rings. The van der Waals surface area contributed by atoms with Gasteiger partial charge in [-0.3, -0.25) is 0 Å². The highest BCUT2D eigenvalue weighted by atomic mass is 79.9. The van der Waals surface area contributed by atoms with Gasteiger partial charge in [-0.05, 0) is 24.1 Å². The summed E-state index contributed by atoms with van der Waals surface area (Å²) >= 11 is 4.94. The molecule has 82 valence electrons. The molecule has 1 aromatic carbocycles. The SMILES string of the molecule is CC1CC(O)c2cc(Br)cc(F)c2CS1. The molecule has 0 amide bonds.